The van der Waals surface area contributed by atoms with Crippen LogP contribution in [0, 0.1) is 5.92 Å². The van der Waals surface area contributed by atoms with Gasteiger partial charge in [0.25, 0.3) is 0 Å². The highest BCUT2D eigenvalue weighted by atomic mass is 16.7. The Morgan fingerprint density at radius 3 is 2.83 bits per heavy atom. The highest BCUT2D eigenvalue weighted by Crippen LogP contribution is 2.36. The molecule has 1 aromatic carbocycles. The van der Waals surface area contributed by atoms with E-state index in [1.165, 1.54) is 0 Å². The van der Waals surface area contributed by atoms with Crippen molar-refractivity contribution >= 4 is 5.91 Å². The molecule has 2 atom stereocenters. The summed E-state index contributed by atoms with van der Waals surface area (Å²) >= 11 is 0. The van der Waals surface area contributed by atoms with Gasteiger partial charge in [-0.2, -0.15) is 0 Å². The minimum absolute atomic E-state index is 0.0773. The third-order valence-electron chi connectivity index (χ3n) is 5.43. The lowest BCUT2D eigenvalue weighted by Gasteiger charge is -2.38. The van der Waals surface area contributed by atoms with Gasteiger partial charge in [0.15, 0.2) is 11.5 Å². The van der Waals surface area contributed by atoms with Crippen LogP contribution in [0.15, 0.2) is 18.2 Å². The first-order valence-electron chi connectivity index (χ1n) is 8.76. The van der Waals surface area contributed by atoms with E-state index in [1.54, 1.807) is 0 Å². The molecule has 5 nitrogen and oxygen atoms in total. The standard InChI is InChI=1S/C19H28N2O3/c1-18(2,13-7-8-15-16(10-13)24-12-23-15)11-21-17(22)14-6-4-5-9-19(14,3)20/h7-8,10,14H,4-6,9,11-12,20H2,1-3H3,(H,21,22). The van der Waals surface area contributed by atoms with Crippen molar-refractivity contribution in [1.82, 2.24) is 5.32 Å². The van der Waals surface area contributed by atoms with E-state index in [2.05, 4.69) is 19.2 Å². The van der Waals surface area contributed by atoms with Crippen molar-refractivity contribution in [2.45, 2.75) is 57.4 Å². The van der Waals surface area contributed by atoms with Crippen LogP contribution >= 0.6 is 0 Å². The molecule has 1 aliphatic heterocycles. The Morgan fingerprint density at radius 2 is 2.08 bits per heavy atom. The summed E-state index contributed by atoms with van der Waals surface area (Å²) in [5.41, 5.74) is 6.86. The van der Waals surface area contributed by atoms with E-state index in [1.807, 2.05) is 25.1 Å². The summed E-state index contributed by atoms with van der Waals surface area (Å²) in [5.74, 6) is 1.53. The monoisotopic (exact) mass is 332 g/mol. The summed E-state index contributed by atoms with van der Waals surface area (Å²) in [5, 5.41) is 3.12. The van der Waals surface area contributed by atoms with Gasteiger partial charge in [0.05, 0.1) is 5.92 Å². The van der Waals surface area contributed by atoms with Crippen LogP contribution in [0.2, 0.25) is 0 Å². The van der Waals surface area contributed by atoms with Crippen LogP contribution in [0.25, 0.3) is 0 Å². The van der Waals surface area contributed by atoms with E-state index in [0.717, 1.165) is 42.7 Å². The third-order valence-corrected chi connectivity index (χ3v) is 5.43. The number of rotatable bonds is 4. The van der Waals surface area contributed by atoms with Crippen molar-refractivity contribution in [3.8, 4) is 11.5 Å². The molecule has 1 aromatic rings. The zero-order valence-electron chi connectivity index (χ0n) is 14.9. The van der Waals surface area contributed by atoms with Crippen LogP contribution in [-0.2, 0) is 10.2 Å². The lowest BCUT2D eigenvalue weighted by molar-refractivity contribution is -0.128. The molecule has 0 radical (unpaired) electrons. The van der Waals surface area contributed by atoms with Crippen LogP contribution in [0.1, 0.15) is 52.0 Å². The maximum Gasteiger partial charge on any atom is 0.231 e. The number of carbonyl (C=O) groups excluding carboxylic acids is 1. The molecule has 5 heteroatoms. The SMILES string of the molecule is CC(C)(CNC(=O)C1CCCCC1(C)N)c1ccc2c(c1)OCO2. The molecule has 0 spiro atoms. The number of benzene rings is 1. The van der Waals surface area contributed by atoms with E-state index >= 15 is 0 Å². The molecule has 1 saturated carbocycles. The highest BCUT2D eigenvalue weighted by Gasteiger charge is 2.38. The minimum atomic E-state index is -0.398. The predicted octanol–water partition coefficient (Wildman–Crippen LogP) is 2.72. The molecule has 1 amide bonds. The molecule has 24 heavy (non-hydrogen) atoms. The predicted molar refractivity (Wildman–Crippen MR) is 93.2 cm³/mol. The number of hydrogen-bond acceptors (Lipinski definition) is 4. The van der Waals surface area contributed by atoms with Gasteiger partial charge in [-0.05, 0) is 37.5 Å². The number of nitrogens with one attached hydrogen (secondary N) is 1. The highest BCUT2D eigenvalue weighted by molar-refractivity contribution is 5.80. The summed E-state index contributed by atoms with van der Waals surface area (Å²) < 4.78 is 10.8. The smallest absolute Gasteiger partial charge is 0.231 e. The molecular weight excluding hydrogens is 304 g/mol. The second-order valence-corrected chi connectivity index (χ2v) is 7.97. The van der Waals surface area contributed by atoms with Crippen molar-refractivity contribution in [1.29, 1.82) is 0 Å². The second-order valence-electron chi connectivity index (χ2n) is 7.97. The maximum absolute atomic E-state index is 12.6. The molecule has 3 N–H and O–H groups in total. The number of carbonyl (C=O) groups is 1. The van der Waals surface area contributed by atoms with Gasteiger partial charge in [-0.15, -0.1) is 0 Å². The Bertz CT molecular complexity index is 625. The number of nitrogens with two attached hydrogens (primary N) is 1. The Kier molecular flexibility index (Phi) is 4.47. The molecule has 1 aliphatic carbocycles. The van der Waals surface area contributed by atoms with Crippen molar-refractivity contribution in [3.05, 3.63) is 23.8 Å². The Labute approximate surface area is 143 Å². The van der Waals surface area contributed by atoms with Crippen molar-refractivity contribution in [3.63, 3.8) is 0 Å². The fourth-order valence-electron chi connectivity index (χ4n) is 3.64. The number of fused-ring (bicyclic) bond motifs is 1. The van der Waals surface area contributed by atoms with Crippen LogP contribution in [-0.4, -0.2) is 24.8 Å². The van der Waals surface area contributed by atoms with E-state index in [9.17, 15) is 4.79 Å². The second kappa shape index (κ2) is 6.28. The average Bonchev–Trinajstić information content (AvgIpc) is 3.00. The molecule has 1 fully saturated rings. The molecule has 0 bridgehead atoms. The first-order chi connectivity index (χ1) is 11.3. The lowest BCUT2D eigenvalue weighted by Crippen LogP contribution is -2.54. The Balaban J connectivity index is 1.65. The van der Waals surface area contributed by atoms with Gasteiger partial charge in [-0.1, -0.05) is 32.8 Å². The van der Waals surface area contributed by atoms with Crippen molar-refractivity contribution < 1.29 is 14.3 Å². The molecule has 0 saturated heterocycles. The quantitative estimate of drug-likeness (QED) is 0.889. The maximum atomic E-state index is 12.6. The van der Waals surface area contributed by atoms with Crippen LogP contribution < -0.4 is 20.5 Å². The van der Waals surface area contributed by atoms with Crippen molar-refractivity contribution in [2.75, 3.05) is 13.3 Å². The summed E-state index contributed by atoms with van der Waals surface area (Å²) in [6, 6.07) is 5.97. The van der Waals surface area contributed by atoms with Gasteiger partial charge in [-0.25, -0.2) is 0 Å². The summed E-state index contributed by atoms with van der Waals surface area (Å²) in [6.07, 6.45) is 3.98. The first-order valence-corrected chi connectivity index (χ1v) is 8.76. The van der Waals surface area contributed by atoms with Crippen LogP contribution in [0.4, 0.5) is 0 Å². The van der Waals surface area contributed by atoms with E-state index in [0.29, 0.717) is 6.54 Å². The van der Waals surface area contributed by atoms with Crippen LogP contribution in [0.5, 0.6) is 11.5 Å². The van der Waals surface area contributed by atoms with Gasteiger partial charge in [0.2, 0.25) is 12.7 Å². The Hall–Kier alpha value is -1.75. The number of ether oxygens (including phenoxy) is 2. The fraction of sp³-hybridized carbons (Fsp3) is 0.632. The van der Waals surface area contributed by atoms with Crippen molar-refractivity contribution in [2.24, 2.45) is 11.7 Å². The number of hydrogen-bond donors (Lipinski definition) is 2. The summed E-state index contributed by atoms with van der Waals surface area (Å²) in [4.78, 5) is 12.6. The van der Waals surface area contributed by atoms with E-state index in [-0.39, 0.29) is 24.0 Å². The minimum Gasteiger partial charge on any atom is -0.454 e. The first kappa shape index (κ1) is 17.1. The van der Waals surface area contributed by atoms with Gasteiger partial charge in [-0.3, -0.25) is 4.79 Å². The normalized spacial score (nSPS) is 26.2. The Morgan fingerprint density at radius 1 is 1.33 bits per heavy atom. The van der Waals surface area contributed by atoms with E-state index < -0.39 is 5.54 Å². The zero-order chi connectivity index (χ0) is 17.4. The molecule has 1 heterocycles. The molecular formula is C19H28N2O3. The molecule has 2 aliphatic rings. The van der Waals surface area contributed by atoms with Gasteiger partial charge in [0, 0.05) is 17.5 Å². The van der Waals surface area contributed by atoms with Gasteiger partial charge >= 0.3 is 0 Å². The zero-order valence-corrected chi connectivity index (χ0v) is 14.9. The molecule has 3 rings (SSSR count). The van der Waals surface area contributed by atoms with Gasteiger partial charge < -0.3 is 20.5 Å². The molecule has 132 valence electrons. The lowest BCUT2D eigenvalue weighted by atomic mass is 9.74. The van der Waals surface area contributed by atoms with Gasteiger partial charge in [0.1, 0.15) is 0 Å². The third kappa shape index (κ3) is 3.36. The molecule has 2 unspecified atom stereocenters. The largest absolute Gasteiger partial charge is 0.454 e. The summed E-state index contributed by atoms with van der Waals surface area (Å²) in [6.45, 7) is 7.07. The van der Waals surface area contributed by atoms with E-state index in [4.69, 9.17) is 15.2 Å². The summed E-state index contributed by atoms with van der Waals surface area (Å²) in [7, 11) is 0. The number of amides is 1. The average molecular weight is 332 g/mol. The van der Waals surface area contributed by atoms with Crippen LogP contribution in [0.3, 0.4) is 0 Å². The topological polar surface area (TPSA) is 73.6 Å². The fourth-order valence-corrected chi connectivity index (χ4v) is 3.64. The molecule has 0 aromatic heterocycles.